The molecule has 0 heteroatoms. The fourth-order valence-corrected chi connectivity index (χ4v) is 3.08. The molecule has 0 radical (unpaired) electrons. The van der Waals surface area contributed by atoms with Crippen molar-refractivity contribution in [3.8, 4) is 0 Å². The van der Waals surface area contributed by atoms with E-state index in [1.165, 1.54) is 44.5 Å². The number of rotatable bonds is 2. The fraction of sp³-hybridized carbons (Fsp3) is 0.300. The molecule has 2 aromatic carbocycles. The molecule has 0 saturated heterocycles. The molecular weight excluding hydrogens is 240 g/mol. The SMILES string of the molecule is C=C(c1cc(C)c(C)cc1C)c1c(C)cc(C)cc1C. The van der Waals surface area contributed by atoms with E-state index >= 15 is 0 Å². The average Bonchev–Trinajstić information content (AvgIpc) is 2.32. The molecule has 0 spiro atoms. The first-order valence-corrected chi connectivity index (χ1v) is 7.16. The third-order valence-corrected chi connectivity index (χ3v) is 4.14. The molecule has 0 heterocycles. The third-order valence-electron chi connectivity index (χ3n) is 4.14. The third kappa shape index (κ3) is 2.56. The van der Waals surface area contributed by atoms with Crippen LogP contribution in [0.2, 0.25) is 0 Å². The standard InChI is InChI=1S/C20H24/c1-12-8-16(5)20(17(6)9-12)18(7)19-11-14(3)13(2)10-15(19)4/h8-11H,7H2,1-6H3. The van der Waals surface area contributed by atoms with Gasteiger partial charge in [-0.3, -0.25) is 0 Å². The summed E-state index contributed by atoms with van der Waals surface area (Å²) >= 11 is 0. The number of hydrogen-bond donors (Lipinski definition) is 0. The second-order valence-electron chi connectivity index (χ2n) is 6.00. The van der Waals surface area contributed by atoms with Crippen molar-refractivity contribution in [1.29, 1.82) is 0 Å². The Bertz CT molecular complexity index is 664. The van der Waals surface area contributed by atoms with Crippen molar-refractivity contribution < 1.29 is 0 Å². The summed E-state index contributed by atoms with van der Waals surface area (Å²) in [6, 6.07) is 9.01. The van der Waals surface area contributed by atoms with Gasteiger partial charge in [0.05, 0.1) is 0 Å². The summed E-state index contributed by atoms with van der Waals surface area (Å²) in [6.07, 6.45) is 0. The average molecular weight is 264 g/mol. The molecule has 0 atom stereocenters. The van der Waals surface area contributed by atoms with E-state index in [4.69, 9.17) is 0 Å². The van der Waals surface area contributed by atoms with Crippen LogP contribution in [0.25, 0.3) is 5.57 Å². The minimum atomic E-state index is 1.14. The Morgan fingerprint density at radius 1 is 0.650 bits per heavy atom. The molecule has 0 aromatic heterocycles. The van der Waals surface area contributed by atoms with Crippen molar-refractivity contribution in [3.63, 3.8) is 0 Å². The largest absolute Gasteiger partial charge is 0.0905 e. The van der Waals surface area contributed by atoms with Gasteiger partial charge >= 0.3 is 0 Å². The summed E-state index contributed by atoms with van der Waals surface area (Å²) in [5.74, 6) is 0. The lowest BCUT2D eigenvalue weighted by Gasteiger charge is -2.17. The van der Waals surface area contributed by atoms with E-state index < -0.39 is 0 Å². The van der Waals surface area contributed by atoms with E-state index in [2.05, 4.69) is 72.4 Å². The first kappa shape index (κ1) is 14.6. The summed E-state index contributed by atoms with van der Waals surface area (Å²) in [5, 5.41) is 0. The van der Waals surface area contributed by atoms with Crippen molar-refractivity contribution in [2.75, 3.05) is 0 Å². The molecular formula is C20H24. The van der Waals surface area contributed by atoms with Crippen LogP contribution in [0.1, 0.15) is 44.5 Å². The van der Waals surface area contributed by atoms with Gasteiger partial charge in [0.15, 0.2) is 0 Å². The highest BCUT2D eigenvalue weighted by molar-refractivity contribution is 5.83. The minimum absolute atomic E-state index is 1.14. The molecule has 0 saturated carbocycles. The predicted molar refractivity (Wildman–Crippen MR) is 89.4 cm³/mol. The van der Waals surface area contributed by atoms with Gasteiger partial charge < -0.3 is 0 Å². The molecule has 2 aromatic rings. The molecule has 0 aliphatic rings. The maximum atomic E-state index is 4.38. The van der Waals surface area contributed by atoms with Gasteiger partial charge in [0.1, 0.15) is 0 Å². The Hall–Kier alpha value is -1.82. The van der Waals surface area contributed by atoms with Crippen LogP contribution in [0.3, 0.4) is 0 Å². The molecule has 20 heavy (non-hydrogen) atoms. The van der Waals surface area contributed by atoms with Crippen LogP contribution in [0.4, 0.5) is 0 Å². The predicted octanol–water partition coefficient (Wildman–Crippen LogP) is 5.60. The van der Waals surface area contributed by atoms with Crippen molar-refractivity contribution in [3.05, 3.63) is 75.4 Å². The molecule has 0 N–H and O–H groups in total. The van der Waals surface area contributed by atoms with Gasteiger partial charge in [-0.2, -0.15) is 0 Å². The first-order valence-electron chi connectivity index (χ1n) is 7.16. The number of aryl methyl sites for hydroxylation is 6. The Kier molecular flexibility index (Phi) is 3.85. The van der Waals surface area contributed by atoms with Gasteiger partial charge in [-0.25, -0.2) is 0 Å². The lowest BCUT2D eigenvalue weighted by Crippen LogP contribution is -1.98. The van der Waals surface area contributed by atoms with E-state index in [9.17, 15) is 0 Å². The summed E-state index contributed by atoms with van der Waals surface area (Å²) in [6.45, 7) is 17.4. The maximum absolute atomic E-state index is 4.38. The van der Waals surface area contributed by atoms with Crippen LogP contribution in [0.5, 0.6) is 0 Å². The Balaban J connectivity index is 2.61. The monoisotopic (exact) mass is 264 g/mol. The maximum Gasteiger partial charge on any atom is -0.0125 e. The molecule has 2 rings (SSSR count). The highest BCUT2D eigenvalue weighted by Crippen LogP contribution is 2.31. The summed E-state index contributed by atoms with van der Waals surface area (Å²) in [7, 11) is 0. The van der Waals surface area contributed by atoms with E-state index in [0.29, 0.717) is 0 Å². The van der Waals surface area contributed by atoms with Gasteiger partial charge in [0, 0.05) is 0 Å². The van der Waals surface area contributed by atoms with Gasteiger partial charge in [0.2, 0.25) is 0 Å². The lowest BCUT2D eigenvalue weighted by molar-refractivity contribution is 1.26. The summed E-state index contributed by atoms with van der Waals surface area (Å²) in [4.78, 5) is 0. The molecule has 0 unspecified atom stereocenters. The van der Waals surface area contributed by atoms with E-state index in [0.717, 1.165) is 5.57 Å². The lowest BCUT2D eigenvalue weighted by atomic mass is 9.87. The molecule has 0 amide bonds. The molecule has 0 fully saturated rings. The molecule has 0 nitrogen and oxygen atoms in total. The summed E-state index contributed by atoms with van der Waals surface area (Å²) < 4.78 is 0. The van der Waals surface area contributed by atoms with Crippen molar-refractivity contribution in [2.24, 2.45) is 0 Å². The van der Waals surface area contributed by atoms with Crippen molar-refractivity contribution >= 4 is 5.57 Å². The quantitative estimate of drug-likeness (QED) is 0.662. The van der Waals surface area contributed by atoms with Crippen LogP contribution >= 0.6 is 0 Å². The second-order valence-corrected chi connectivity index (χ2v) is 6.00. The minimum Gasteiger partial charge on any atom is -0.0905 e. The topological polar surface area (TPSA) is 0 Å². The zero-order chi connectivity index (χ0) is 15.0. The Morgan fingerprint density at radius 3 is 1.70 bits per heavy atom. The molecule has 0 aliphatic heterocycles. The van der Waals surface area contributed by atoms with Gasteiger partial charge in [-0.15, -0.1) is 0 Å². The van der Waals surface area contributed by atoms with Gasteiger partial charge in [-0.1, -0.05) is 36.4 Å². The van der Waals surface area contributed by atoms with Gasteiger partial charge in [-0.05, 0) is 86.1 Å². The van der Waals surface area contributed by atoms with Crippen molar-refractivity contribution in [1.82, 2.24) is 0 Å². The highest BCUT2D eigenvalue weighted by atomic mass is 14.2. The highest BCUT2D eigenvalue weighted by Gasteiger charge is 2.12. The van der Waals surface area contributed by atoms with Crippen LogP contribution in [-0.2, 0) is 0 Å². The second kappa shape index (κ2) is 5.28. The zero-order valence-electron chi connectivity index (χ0n) is 13.5. The van der Waals surface area contributed by atoms with E-state index in [1.54, 1.807) is 0 Å². The number of benzene rings is 2. The normalized spacial score (nSPS) is 10.7. The smallest absolute Gasteiger partial charge is 0.0125 e. The van der Waals surface area contributed by atoms with E-state index in [-0.39, 0.29) is 0 Å². The Morgan fingerprint density at radius 2 is 1.15 bits per heavy atom. The Labute approximate surface area is 123 Å². The van der Waals surface area contributed by atoms with Crippen LogP contribution in [0, 0.1) is 41.5 Å². The molecule has 0 bridgehead atoms. The van der Waals surface area contributed by atoms with Crippen molar-refractivity contribution in [2.45, 2.75) is 41.5 Å². The molecule has 0 aliphatic carbocycles. The molecule has 104 valence electrons. The summed E-state index contributed by atoms with van der Waals surface area (Å²) in [5.41, 5.74) is 11.6. The van der Waals surface area contributed by atoms with E-state index in [1.807, 2.05) is 0 Å². The first-order chi connectivity index (χ1) is 9.31. The van der Waals surface area contributed by atoms with Crippen LogP contribution in [0.15, 0.2) is 30.8 Å². The number of hydrogen-bond acceptors (Lipinski definition) is 0. The fourth-order valence-electron chi connectivity index (χ4n) is 3.08. The van der Waals surface area contributed by atoms with Crippen LogP contribution < -0.4 is 0 Å². The zero-order valence-corrected chi connectivity index (χ0v) is 13.5. The van der Waals surface area contributed by atoms with Gasteiger partial charge in [0.25, 0.3) is 0 Å². The van der Waals surface area contributed by atoms with Crippen LogP contribution in [-0.4, -0.2) is 0 Å².